The van der Waals surface area contributed by atoms with Gasteiger partial charge < -0.3 is 19.9 Å². The lowest BCUT2D eigenvalue weighted by Crippen LogP contribution is -2.48. The number of rotatable bonds is 2. The molecule has 0 aliphatic carbocycles. The van der Waals surface area contributed by atoms with Crippen molar-refractivity contribution < 1.29 is 14.3 Å². The molecular formula is C16H20IN3O3. The van der Waals surface area contributed by atoms with E-state index in [9.17, 15) is 9.59 Å². The highest BCUT2D eigenvalue weighted by atomic mass is 127. The second-order valence-electron chi connectivity index (χ2n) is 5.97. The molecule has 2 aliphatic heterocycles. The van der Waals surface area contributed by atoms with Crippen molar-refractivity contribution in [1.29, 1.82) is 0 Å². The van der Waals surface area contributed by atoms with Crippen molar-refractivity contribution in [3.05, 3.63) is 27.8 Å². The van der Waals surface area contributed by atoms with Gasteiger partial charge in [-0.25, -0.2) is 9.59 Å². The van der Waals surface area contributed by atoms with Crippen LogP contribution < -0.4 is 5.32 Å². The highest BCUT2D eigenvalue weighted by Gasteiger charge is 2.36. The number of ether oxygens (including phenoxy) is 1. The molecule has 23 heavy (non-hydrogen) atoms. The zero-order chi connectivity index (χ0) is 16.4. The number of halogens is 1. The van der Waals surface area contributed by atoms with Crippen LogP contribution in [0.5, 0.6) is 0 Å². The lowest BCUT2D eigenvalue weighted by Gasteiger charge is -2.35. The third-order valence-electron chi connectivity index (χ3n) is 4.30. The lowest BCUT2D eigenvalue weighted by atomic mass is 10.0. The fraction of sp³-hybridized carbons (Fsp3) is 0.500. The maximum absolute atomic E-state index is 12.4. The van der Waals surface area contributed by atoms with Gasteiger partial charge in [0.15, 0.2) is 0 Å². The molecule has 0 bridgehead atoms. The number of carbonyl (C=O) groups excluding carboxylic acids is 2. The van der Waals surface area contributed by atoms with Gasteiger partial charge >= 0.3 is 12.1 Å². The number of benzene rings is 1. The number of urea groups is 1. The molecule has 0 aromatic heterocycles. The number of carbonyl (C=O) groups is 2. The minimum Gasteiger partial charge on any atom is -0.444 e. The summed E-state index contributed by atoms with van der Waals surface area (Å²) in [4.78, 5) is 27.8. The van der Waals surface area contributed by atoms with Crippen molar-refractivity contribution >= 4 is 40.4 Å². The van der Waals surface area contributed by atoms with E-state index in [0.29, 0.717) is 19.6 Å². The van der Waals surface area contributed by atoms with Crippen molar-refractivity contribution in [3.63, 3.8) is 0 Å². The Morgan fingerprint density at radius 2 is 2.00 bits per heavy atom. The Bertz CT molecular complexity index is 602. The Labute approximate surface area is 149 Å². The van der Waals surface area contributed by atoms with Gasteiger partial charge in [0.2, 0.25) is 0 Å². The molecular weight excluding hydrogens is 409 g/mol. The summed E-state index contributed by atoms with van der Waals surface area (Å²) in [6.07, 6.45) is 1.32. The molecule has 2 heterocycles. The van der Waals surface area contributed by atoms with Crippen LogP contribution in [0.25, 0.3) is 0 Å². The average molecular weight is 429 g/mol. The van der Waals surface area contributed by atoms with E-state index in [-0.39, 0.29) is 24.3 Å². The number of anilines is 1. The summed E-state index contributed by atoms with van der Waals surface area (Å²) in [7, 11) is 0. The number of piperidine rings is 1. The van der Waals surface area contributed by atoms with E-state index in [2.05, 4.69) is 27.9 Å². The first-order valence-electron chi connectivity index (χ1n) is 7.82. The summed E-state index contributed by atoms with van der Waals surface area (Å²) >= 11 is 2.21. The van der Waals surface area contributed by atoms with Crippen molar-refractivity contribution in [2.75, 3.05) is 25.0 Å². The summed E-state index contributed by atoms with van der Waals surface area (Å²) in [6, 6.07) is 7.80. The summed E-state index contributed by atoms with van der Waals surface area (Å²) in [5.41, 5.74) is 0.831. The average Bonchev–Trinajstić information content (AvgIpc) is 2.88. The maximum Gasteiger partial charge on any atom is 0.410 e. The molecule has 7 heteroatoms. The van der Waals surface area contributed by atoms with E-state index >= 15 is 0 Å². The smallest absolute Gasteiger partial charge is 0.410 e. The highest BCUT2D eigenvalue weighted by Crippen LogP contribution is 2.23. The lowest BCUT2D eigenvalue weighted by molar-refractivity contribution is 0.119. The van der Waals surface area contributed by atoms with Crippen LogP contribution in [0.2, 0.25) is 0 Å². The fourth-order valence-corrected chi connectivity index (χ4v) is 3.59. The Kier molecular flexibility index (Phi) is 4.93. The summed E-state index contributed by atoms with van der Waals surface area (Å²) in [5.74, 6) is 0. The number of cyclic esters (lactones) is 1. The quantitative estimate of drug-likeness (QED) is 0.736. The second-order valence-corrected chi connectivity index (χ2v) is 7.14. The third kappa shape index (κ3) is 3.70. The predicted octanol–water partition coefficient (Wildman–Crippen LogP) is 3.13. The van der Waals surface area contributed by atoms with Crippen LogP contribution >= 0.6 is 22.6 Å². The van der Waals surface area contributed by atoms with Gasteiger partial charge in [-0.1, -0.05) is 12.1 Å². The van der Waals surface area contributed by atoms with E-state index in [4.69, 9.17) is 4.74 Å². The van der Waals surface area contributed by atoms with E-state index in [0.717, 1.165) is 22.1 Å². The van der Waals surface area contributed by atoms with Crippen molar-refractivity contribution in [2.24, 2.45) is 0 Å². The second kappa shape index (κ2) is 6.94. The normalized spacial score (nSPS) is 22.2. The fourth-order valence-electron chi connectivity index (χ4n) is 3.06. The molecule has 0 spiro atoms. The Morgan fingerprint density at radius 3 is 2.61 bits per heavy atom. The van der Waals surface area contributed by atoms with Crippen LogP contribution in [0.3, 0.4) is 0 Å². The van der Waals surface area contributed by atoms with Gasteiger partial charge in [-0.15, -0.1) is 0 Å². The van der Waals surface area contributed by atoms with Crippen LogP contribution in [0.4, 0.5) is 15.3 Å². The first kappa shape index (κ1) is 16.4. The van der Waals surface area contributed by atoms with Crippen molar-refractivity contribution in [2.45, 2.75) is 31.9 Å². The molecule has 3 amide bonds. The van der Waals surface area contributed by atoms with Gasteiger partial charge in [0.25, 0.3) is 0 Å². The van der Waals surface area contributed by atoms with E-state index < -0.39 is 0 Å². The van der Waals surface area contributed by atoms with Crippen LogP contribution in [0.15, 0.2) is 24.3 Å². The molecule has 2 saturated heterocycles. The van der Waals surface area contributed by atoms with Crippen molar-refractivity contribution in [3.8, 4) is 0 Å². The largest absolute Gasteiger partial charge is 0.444 e. The molecule has 1 aromatic rings. The molecule has 0 saturated carbocycles. The summed E-state index contributed by atoms with van der Waals surface area (Å²) in [5, 5.41) is 2.95. The van der Waals surface area contributed by atoms with Gasteiger partial charge in [-0.05, 0) is 54.5 Å². The maximum atomic E-state index is 12.4. The van der Waals surface area contributed by atoms with Crippen LogP contribution in [0, 0.1) is 3.57 Å². The molecule has 1 N–H and O–H groups in total. The van der Waals surface area contributed by atoms with Gasteiger partial charge in [0.1, 0.15) is 6.10 Å². The molecule has 2 aliphatic rings. The standard InChI is InChI=1S/C16H20IN3O3/c1-11-10-20(16(22)23-11)12-6-8-19(9-7-12)15(21)18-14-5-3-2-4-13(14)17/h2-5,11-12H,6-10H2,1H3,(H,18,21). The van der Waals surface area contributed by atoms with Gasteiger partial charge in [0, 0.05) is 22.7 Å². The molecule has 0 radical (unpaired) electrons. The zero-order valence-corrected chi connectivity index (χ0v) is 15.2. The Morgan fingerprint density at radius 1 is 1.30 bits per heavy atom. The molecule has 1 aromatic carbocycles. The Balaban J connectivity index is 1.54. The van der Waals surface area contributed by atoms with Crippen LogP contribution in [-0.4, -0.2) is 53.7 Å². The summed E-state index contributed by atoms with van der Waals surface area (Å²) < 4.78 is 6.20. The number of likely N-dealkylation sites (tertiary alicyclic amines) is 1. The minimum atomic E-state index is -0.223. The molecule has 124 valence electrons. The molecule has 1 unspecified atom stereocenters. The molecule has 3 rings (SSSR count). The highest BCUT2D eigenvalue weighted by molar-refractivity contribution is 14.1. The van der Waals surface area contributed by atoms with Gasteiger partial charge in [-0.2, -0.15) is 0 Å². The number of hydrogen-bond donors (Lipinski definition) is 1. The monoisotopic (exact) mass is 429 g/mol. The molecule has 6 nitrogen and oxygen atoms in total. The van der Waals surface area contributed by atoms with Gasteiger partial charge in [0.05, 0.1) is 12.2 Å². The number of nitrogens with zero attached hydrogens (tertiary/aromatic N) is 2. The SMILES string of the molecule is CC1CN(C2CCN(C(=O)Nc3ccccc3I)CC2)C(=O)O1. The van der Waals surface area contributed by atoms with Crippen LogP contribution in [-0.2, 0) is 4.74 Å². The number of hydrogen-bond acceptors (Lipinski definition) is 3. The number of amides is 3. The van der Waals surface area contributed by atoms with E-state index in [1.54, 1.807) is 4.90 Å². The van der Waals surface area contributed by atoms with Crippen LogP contribution in [0.1, 0.15) is 19.8 Å². The third-order valence-corrected chi connectivity index (χ3v) is 5.24. The van der Waals surface area contributed by atoms with E-state index in [1.807, 2.05) is 36.1 Å². The molecule has 1 atom stereocenters. The first-order valence-corrected chi connectivity index (χ1v) is 8.90. The van der Waals surface area contributed by atoms with Crippen molar-refractivity contribution in [1.82, 2.24) is 9.80 Å². The zero-order valence-electron chi connectivity index (χ0n) is 13.0. The molecule has 2 fully saturated rings. The number of nitrogens with one attached hydrogen (secondary N) is 1. The first-order chi connectivity index (χ1) is 11.0. The topological polar surface area (TPSA) is 61.9 Å². The predicted molar refractivity (Wildman–Crippen MR) is 95.4 cm³/mol. The Hall–Kier alpha value is -1.51. The summed E-state index contributed by atoms with van der Waals surface area (Å²) in [6.45, 7) is 3.86. The number of para-hydroxylation sites is 1. The minimum absolute atomic E-state index is 0.0380. The van der Waals surface area contributed by atoms with E-state index in [1.165, 1.54) is 0 Å². The van der Waals surface area contributed by atoms with Gasteiger partial charge in [-0.3, -0.25) is 0 Å².